The Bertz CT molecular complexity index is 1170. The molecule has 0 spiro atoms. The minimum atomic E-state index is -0.423. The SMILES string of the molecule is Cc1ccc(CC(=O)NNC(=O)c2cc(-c3ccco3)nc3ccccc23)cc1. The van der Waals surface area contributed by atoms with E-state index in [1.807, 2.05) is 55.5 Å². The van der Waals surface area contributed by atoms with E-state index in [1.54, 1.807) is 24.5 Å². The van der Waals surface area contributed by atoms with Crippen LogP contribution in [0.2, 0.25) is 0 Å². The van der Waals surface area contributed by atoms with Gasteiger partial charge >= 0.3 is 0 Å². The Morgan fingerprint density at radius 2 is 1.76 bits per heavy atom. The average Bonchev–Trinajstić information content (AvgIpc) is 3.28. The molecule has 4 aromatic rings. The van der Waals surface area contributed by atoms with Crippen molar-refractivity contribution in [2.24, 2.45) is 0 Å². The summed E-state index contributed by atoms with van der Waals surface area (Å²) in [5.41, 5.74) is 8.59. The van der Waals surface area contributed by atoms with Gasteiger partial charge in [-0.15, -0.1) is 0 Å². The number of nitrogens with one attached hydrogen (secondary N) is 2. The maximum atomic E-state index is 12.8. The topological polar surface area (TPSA) is 84.2 Å². The molecular weight excluding hydrogens is 366 g/mol. The second-order valence-corrected chi connectivity index (χ2v) is 6.71. The first-order chi connectivity index (χ1) is 14.1. The summed E-state index contributed by atoms with van der Waals surface area (Å²) in [6.45, 7) is 1.99. The van der Waals surface area contributed by atoms with Gasteiger partial charge in [0.15, 0.2) is 5.76 Å². The molecule has 2 amide bonds. The van der Waals surface area contributed by atoms with E-state index in [4.69, 9.17) is 4.42 Å². The summed E-state index contributed by atoms with van der Waals surface area (Å²) in [7, 11) is 0. The number of fused-ring (bicyclic) bond motifs is 1. The Labute approximate surface area is 167 Å². The van der Waals surface area contributed by atoms with Gasteiger partial charge in [-0.25, -0.2) is 4.98 Å². The number of benzene rings is 2. The standard InChI is InChI=1S/C23H19N3O3/c1-15-8-10-16(11-9-15)13-22(27)25-26-23(28)18-14-20(21-7-4-12-29-21)24-19-6-3-2-5-17(18)19/h2-12,14H,13H2,1H3,(H,25,27)(H,26,28). The normalized spacial score (nSPS) is 10.7. The molecule has 2 N–H and O–H groups in total. The van der Waals surface area contributed by atoms with Crippen LogP contribution in [0.15, 0.2) is 77.4 Å². The predicted octanol–water partition coefficient (Wildman–Crippen LogP) is 3.81. The van der Waals surface area contributed by atoms with Gasteiger partial charge in [-0.2, -0.15) is 0 Å². The van der Waals surface area contributed by atoms with Crippen molar-refractivity contribution in [2.45, 2.75) is 13.3 Å². The molecule has 0 atom stereocenters. The third kappa shape index (κ3) is 4.16. The monoisotopic (exact) mass is 385 g/mol. The molecule has 6 nitrogen and oxygen atoms in total. The van der Waals surface area contributed by atoms with Crippen LogP contribution >= 0.6 is 0 Å². The summed E-state index contributed by atoms with van der Waals surface area (Å²) in [4.78, 5) is 29.6. The van der Waals surface area contributed by atoms with Crippen molar-refractivity contribution in [3.05, 3.63) is 89.7 Å². The van der Waals surface area contributed by atoms with Crippen LogP contribution in [0.5, 0.6) is 0 Å². The van der Waals surface area contributed by atoms with E-state index in [2.05, 4.69) is 15.8 Å². The molecule has 0 aliphatic rings. The van der Waals surface area contributed by atoms with Crippen LogP contribution < -0.4 is 10.9 Å². The number of para-hydroxylation sites is 1. The maximum Gasteiger partial charge on any atom is 0.270 e. The lowest BCUT2D eigenvalue weighted by Gasteiger charge is -2.11. The highest BCUT2D eigenvalue weighted by atomic mass is 16.3. The van der Waals surface area contributed by atoms with Gasteiger partial charge in [0, 0.05) is 5.39 Å². The summed E-state index contributed by atoms with van der Waals surface area (Å²) >= 11 is 0. The number of hydrogen-bond acceptors (Lipinski definition) is 4. The molecule has 0 aliphatic carbocycles. The molecule has 2 heterocycles. The molecule has 6 heteroatoms. The largest absolute Gasteiger partial charge is 0.463 e. The van der Waals surface area contributed by atoms with Crippen LogP contribution in [0, 0.1) is 6.92 Å². The molecule has 0 aliphatic heterocycles. The fourth-order valence-electron chi connectivity index (χ4n) is 3.04. The smallest absolute Gasteiger partial charge is 0.270 e. The number of rotatable bonds is 4. The number of pyridine rings is 1. The zero-order valence-corrected chi connectivity index (χ0v) is 15.8. The fraction of sp³-hybridized carbons (Fsp3) is 0.0870. The molecule has 0 radical (unpaired) electrons. The van der Waals surface area contributed by atoms with Crippen molar-refractivity contribution in [3.8, 4) is 11.5 Å². The number of aryl methyl sites for hydroxylation is 1. The van der Waals surface area contributed by atoms with Gasteiger partial charge in [-0.05, 0) is 36.8 Å². The second kappa shape index (κ2) is 7.98. The van der Waals surface area contributed by atoms with Crippen molar-refractivity contribution in [1.82, 2.24) is 15.8 Å². The van der Waals surface area contributed by atoms with Crippen LogP contribution in [0.4, 0.5) is 0 Å². The van der Waals surface area contributed by atoms with Crippen LogP contribution in [0.25, 0.3) is 22.4 Å². The van der Waals surface area contributed by atoms with Crippen molar-refractivity contribution in [2.75, 3.05) is 0 Å². The number of carbonyl (C=O) groups excluding carboxylic acids is 2. The lowest BCUT2D eigenvalue weighted by molar-refractivity contribution is -0.121. The maximum absolute atomic E-state index is 12.8. The summed E-state index contributed by atoms with van der Waals surface area (Å²) in [6.07, 6.45) is 1.73. The molecule has 0 unspecified atom stereocenters. The number of hydrazine groups is 1. The average molecular weight is 385 g/mol. The van der Waals surface area contributed by atoms with Crippen molar-refractivity contribution < 1.29 is 14.0 Å². The minimum Gasteiger partial charge on any atom is -0.463 e. The highest BCUT2D eigenvalue weighted by Gasteiger charge is 2.15. The molecule has 0 saturated carbocycles. The molecule has 0 bridgehead atoms. The number of nitrogens with zero attached hydrogens (tertiary/aromatic N) is 1. The Morgan fingerprint density at radius 1 is 0.966 bits per heavy atom. The van der Waals surface area contributed by atoms with Crippen LogP contribution in [-0.4, -0.2) is 16.8 Å². The lowest BCUT2D eigenvalue weighted by Crippen LogP contribution is -2.42. The number of aromatic nitrogens is 1. The number of amides is 2. The summed E-state index contributed by atoms with van der Waals surface area (Å²) in [6, 6.07) is 20.2. The highest BCUT2D eigenvalue weighted by molar-refractivity contribution is 6.07. The molecule has 0 saturated heterocycles. The van der Waals surface area contributed by atoms with Crippen molar-refractivity contribution in [3.63, 3.8) is 0 Å². The summed E-state index contributed by atoms with van der Waals surface area (Å²) in [5, 5.41) is 0.688. The molecule has 144 valence electrons. The first kappa shape index (κ1) is 18.4. The summed E-state index contributed by atoms with van der Waals surface area (Å²) < 4.78 is 5.41. The molecule has 4 rings (SSSR count). The van der Waals surface area contributed by atoms with Gasteiger partial charge in [-0.3, -0.25) is 20.4 Å². The first-order valence-electron chi connectivity index (χ1n) is 9.18. The highest BCUT2D eigenvalue weighted by Crippen LogP contribution is 2.25. The third-order valence-corrected chi connectivity index (χ3v) is 4.54. The van der Waals surface area contributed by atoms with E-state index in [9.17, 15) is 9.59 Å². The first-order valence-corrected chi connectivity index (χ1v) is 9.18. The number of furan rings is 1. The van der Waals surface area contributed by atoms with Crippen LogP contribution in [-0.2, 0) is 11.2 Å². The zero-order chi connectivity index (χ0) is 20.2. The molecular formula is C23H19N3O3. The van der Waals surface area contributed by atoms with Gasteiger partial charge < -0.3 is 4.42 Å². The third-order valence-electron chi connectivity index (χ3n) is 4.54. The Kier molecular flexibility index (Phi) is 5.07. The minimum absolute atomic E-state index is 0.176. The van der Waals surface area contributed by atoms with E-state index >= 15 is 0 Å². The Balaban J connectivity index is 1.53. The molecule has 2 aromatic heterocycles. The van der Waals surface area contributed by atoms with E-state index in [0.29, 0.717) is 27.9 Å². The lowest BCUT2D eigenvalue weighted by atomic mass is 10.1. The second-order valence-electron chi connectivity index (χ2n) is 6.71. The van der Waals surface area contributed by atoms with E-state index in [-0.39, 0.29) is 12.3 Å². The van der Waals surface area contributed by atoms with Gasteiger partial charge in [-0.1, -0.05) is 48.0 Å². The molecule has 2 aromatic carbocycles. The Hall–Kier alpha value is -3.93. The van der Waals surface area contributed by atoms with E-state index < -0.39 is 5.91 Å². The van der Waals surface area contributed by atoms with Gasteiger partial charge in [0.25, 0.3) is 5.91 Å². The Morgan fingerprint density at radius 3 is 2.52 bits per heavy atom. The van der Waals surface area contributed by atoms with Crippen molar-refractivity contribution >= 4 is 22.7 Å². The van der Waals surface area contributed by atoms with Crippen LogP contribution in [0.1, 0.15) is 21.5 Å². The molecule has 0 fully saturated rings. The van der Waals surface area contributed by atoms with Crippen LogP contribution in [0.3, 0.4) is 0 Å². The van der Waals surface area contributed by atoms with E-state index in [1.165, 1.54) is 0 Å². The number of hydrogen-bond donors (Lipinski definition) is 2. The van der Waals surface area contributed by atoms with E-state index in [0.717, 1.165) is 11.1 Å². The predicted molar refractivity (Wildman–Crippen MR) is 110 cm³/mol. The fourth-order valence-corrected chi connectivity index (χ4v) is 3.04. The van der Waals surface area contributed by atoms with Gasteiger partial charge in [0.2, 0.25) is 5.91 Å². The van der Waals surface area contributed by atoms with Gasteiger partial charge in [0.05, 0.1) is 23.8 Å². The zero-order valence-electron chi connectivity index (χ0n) is 15.8. The quantitative estimate of drug-likeness (QED) is 0.523. The number of carbonyl (C=O) groups is 2. The van der Waals surface area contributed by atoms with Gasteiger partial charge in [0.1, 0.15) is 5.69 Å². The van der Waals surface area contributed by atoms with Crippen molar-refractivity contribution in [1.29, 1.82) is 0 Å². The molecule has 29 heavy (non-hydrogen) atoms. The summed E-state index contributed by atoms with van der Waals surface area (Å²) in [5.74, 6) is -0.159.